The van der Waals surface area contributed by atoms with E-state index < -0.39 is 0 Å². The fraction of sp³-hybridized carbons (Fsp3) is 0.400. The molecule has 102 valence electrons. The van der Waals surface area contributed by atoms with Gasteiger partial charge in [-0.15, -0.1) is 0 Å². The van der Waals surface area contributed by atoms with Crippen molar-refractivity contribution in [2.45, 2.75) is 32.6 Å². The number of anilines is 1. The summed E-state index contributed by atoms with van der Waals surface area (Å²) in [6.07, 6.45) is 5.99. The maximum absolute atomic E-state index is 5.97. The minimum absolute atomic E-state index is 0.519. The third-order valence-electron chi connectivity index (χ3n) is 3.56. The first-order valence-corrected chi connectivity index (χ1v) is 6.67. The molecule has 0 atom stereocenters. The molecule has 0 fully saturated rings. The largest absolute Gasteiger partial charge is 0.495 e. The van der Waals surface area contributed by atoms with Crippen LogP contribution in [0.1, 0.15) is 38.3 Å². The Bertz CT molecular complexity index is 544. The van der Waals surface area contributed by atoms with Crippen LogP contribution in [-0.2, 0) is 0 Å². The normalized spacial score (nSPS) is 10.9. The standard InChI is InChI=1S/C15H21N3O/c1-4-11(5-2)14-9-17-10-18(14)12-6-7-15(19-3)13(16)8-12/h6-11H,4-5,16H2,1-3H3. The highest BCUT2D eigenvalue weighted by Crippen LogP contribution is 2.28. The number of nitrogen functional groups attached to an aromatic ring is 1. The van der Waals surface area contributed by atoms with Gasteiger partial charge in [0.2, 0.25) is 0 Å². The Morgan fingerprint density at radius 3 is 2.63 bits per heavy atom. The van der Waals surface area contributed by atoms with Gasteiger partial charge in [-0.1, -0.05) is 13.8 Å². The van der Waals surface area contributed by atoms with Crippen LogP contribution >= 0.6 is 0 Å². The number of hydrogen-bond donors (Lipinski definition) is 1. The summed E-state index contributed by atoms with van der Waals surface area (Å²) >= 11 is 0. The Balaban J connectivity index is 2.42. The maximum atomic E-state index is 5.97. The summed E-state index contributed by atoms with van der Waals surface area (Å²) in [4.78, 5) is 4.28. The molecule has 2 N–H and O–H groups in total. The van der Waals surface area contributed by atoms with Gasteiger partial charge in [-0.3, -0.25) is 0 Å². The van der Waals surface area contributed by atoms with Crippen molar-refractivity contribution in [3.8, 4) is 11.4 Å². The molecule has 1 aromatic carbocycles. The zero-order valence-corrected chi connectivity index (χ0v) is 11.8. The lowest BCUT2D eigenvalue weighted by Gasteiger charge is -2.16. The molecule has 0 saturated heterocycles. The summed E-state index contributed by atoms with van der Waals surface area (Å²) in [5.74, 6) is 1.22. The van der Waals surface area contributed by atoms with Crippen molar-refractivity contribution in [1.29, 1.82) is 0 Å². The first-order valence-electron chi connectivity index (χ1n) is 6.67. The van der Waals surface area contributed by atoms with Crippen molar-refractivity contribution in [1.82, 2.24) is 9.55 Å². The second-order valence-electron chi connectivity index (χ2n) is 4.63. The zero-order valence-electron chi connectivity index (χ0n) is 11.8. The van der Waals surface area contributed by atoms with Crippen LogP contribution in [0.25, 0.3) is 5.69 Å². The molecule has 0 amide bonds. The number of aromatic nitrogens is 2. The minimum atomic E-state index is 0.519. The van der Waals surface area contributed by atoms with Crippen LogP contribution in [0.3, 0.4) is 0 Å². The lowest BCUT2D eigenvalue weighted by molar-refractivity contribution is 0.417. The molecule has 0 radical (unpaired) electrons. The number of imidazole rings is 1. The summed E-state index contributed by atoms with van der Waals surface area (Å²) in [6, 6.07) is 5.82. The molecule has 0 spiro atoms. The number of ether oxygens (including phenoxy) is 1. The van der Waals surface area contributed by atoms with E-state index >= 15 is 0 Å². The topological polar surface area (TPSA) is 53.1 Å². The van der Waals surface area contributed by atoms with E-state index in [1.54, 1.807) is 7.11 Å². The van der Waals surface area contributed by atoms with Crippen molar-refractivity contribution in [2.75, 3.05) is 12.8 Å². The number of methoxy groups -OCH3 is 1. The predicted octanol–water partition coefficient (Wildman–Crippen LogP) is 3.37. The molecule has 0 saturated carbocycles. The van der Waals surface area contributed by atoms with Gasteiger partial charge in [-0.25, -0.2) is 4.98 Å². The van der Waals surface area contributed by atoms with E-state index in [0.29, 0.717) is 17.4 Å². The van der Waals surface area contributed by atoms with Gasteiger partial charge in [0.1, 0.15) is 5.75 Å². The van der Waals surface area contributed by atoms with Crippen molar-refractivity contribution in [2.24, 2.45) is 0 Å². The van der Waals surface area contributed by atoms with Crippen molar-refractivity contribution in [3.63, 3.8) is 0 Å². The van der Waals surface area contributed by atoms with Crippen LogP contribution in [0.2, 0.25) is 0 Å². The number of nitrogens with two attached hydrogens (primary N) is 1. The lowest BCUT2D eigenvalue weighted by Crippen LogP contribution is -2.05. The Morgan fingerprint density at radius 1 is 1.32 bits per heavy atom. The van der Waals surface area contributed by atoms with E-state index in [0.717, 1.165) is 18.5 Å². The van der Waals surface area contributed by atoms with Gasteiger partial charge in [0.25, 0.3) is 0 Å². The monoisotopic (exact) mass is 259 g/mol. The fourth-order valence-corrected chi connectivity index (χ4v) is 2.40. The first-order chi connectivity index (χ1) is 9.21. The van der Waals surface area contributed by atoms with Crippen LogP contribution in [0.4, 0.5) is 5.69 Å². The molecule has 2 rings (SSSR count). The zero-order chi connectivity index (χ0) is 13.8. The van der Waals surface area contributed by atoms with Gasteiger partial charge < -0.3 is 15.0 Å². The number of nitrogens with zero attached hydrogens (tertiary/aromatic N) is 2. The van der Waals surface area contributed by atoms with Crippen LogP contribution < -0.4 is 10.5 Å². The van der Waals surface area contributed by atoms with E-state index in [-0.39, 0.29) is 0 Å². The number of hydrogen-bond acceptors (Lipinski definition) is 3. The molecule has 1 heterocycles. The Labute approximate surface area is 114 Å². The van der Waals surface area contributed by atoms with E-state index in [2.05, 4.69) is 23.4 Å². The molecular weight excluding hydrogens is 238 g/mol. The highest BCUT2D eigenvalue weighted by atomic mass is 16.5. The molecule has 0 aliphatic carbocycles. The van der Waals surface area contributed by atoms with Gasteiger partial charge in [-0.2, -0.15) is 0 Å². The summed E-state index contributed by atoms with van der Waals surface area (Å²) in [7, 11) is 1.62. The summed E-state index contributed by atoms with van der Waals surface area (Å²) < 4.78 is 7.29. The fourth-order valence-electron chi connectivity index (χ4n) is 2.40. The number of benzene rings is 1. The SMILES string of the molecule is CCC(CC)c1cncn1-c1ccc(OC)c(N)c1. The second-order valence-corrected chi connectivity index (χ2v) is 4.63. The van der Waals surface area contributed by atoms with E-state index in [1.165, 1.54) is 5.69 Å². The molecule has 19 heavy (non-hydrogen) atoms. The van der Waals surface area contributed by atoms with Gasteiger partial charge in [0.05, 0.1) is 19.1 Å². The average Bonchev–Trinajstić information content (AvgIpc) is 2.89. The molecule has 0 unspecified atom stereocenters. The smallest absolute Gasteiger partial charge is 0.141 e. The maximum Gasteiger partial charge on any atom is 0.141 e. The Kier molecular flexibility index (Phi) is 4.10. The number of rotatable bonds is 5. The third-order valence-corrected chi connectivity index (χ3v) is 3.56. The summed E-state index contributed by atoms with van der Waals surface area (Å²) in [5, 5.41) is 0. The van der Waals surface area contributed by atoms with Crippen molar-refractivity contribution in [3.05, 3.63) is 36.4 Å². The molecule has 1 aromatic heterocycles. The van der Waals surface area contributed by atoms with Crippen LogP contribution in [0.15, 0.2) is 30.7 Å². The second kappa shape index (κ2) is 5.78. The first kappa shape index (κ1) is 13.5. The van der Waals surface area contributed by atoms with Crippen molar-refractivity contribution >= 4 is 5.69 Å². The average molecular weight is 259 g/mol. The Hall–Kier alpha value is -1.97. The molecule has 2 aromatic rings. The Morgan fingerprint density at radius 2 is 2.05 bits per heavy atom. The van der Waals surface area contributed by atoms with E-state index in [1.807, 2.05) is 30.7 Å². The van der Waals surface area contributed by atoms with Gasteiger partial charge in [0, 0.05) is 23.5 Å². The highest BCUT2D eigenvalue weighted by Gasteiger charge is 2.14. The summed E-state index contributed by atoms with van der Waals surface area (Å²) in [5.41, 5.74) is 8.87. The van der Waals surface area contributed by atoms with Gasteiger partial charge in [0.15, 0.2) is 0 Å². The third kappa shape index (κ3) is 2.57. The quantitative estimate of drug-likeness (QED) is 0.838. The molecule has 4 heteroatoms. The van der Waals surface area contributed by atoms with E-state index in [9.17, 15) is 0 Å². The van der Waals surface area contributed by atoms with E-state index in [4.69, 9.17) is 10.5 Å². The van der Waals surface area contributed by atoms with Crippen LogP contribution in [0.5, 0.6) is 5.75 Å². The summed E-state index contributed by atoms with van der Waals surface area (Å²) in [6.45, 7) is 4.40. The van der Waals surface area contributed by atoms with Gasteiger partial charge in [-0.05, 0) is 31.0 Å². The van der Waals surface area contributed by atoms with Gasteiger partial charge >= 0.3 is 0 Å². The lowest BCUT2D eigenvalue weighted by atomic mass is 10.00. The predicted molar refractivity (Wildman–Crippen MR) is 77.9 cm³/mol. The molecule has 4 nitrogen and oxygen atoms in total. The van der Waals surface area contributed by atoms with Crippen LogP contribution in [-0.4, -0.2) is 16.7 Å². The molecule has 0 bridgehead atoms. The molecule has 0 aliphatic rings. The van der Waals surface area contributed by atoms with Crippen LogP contribution in [0, 0.1) is 0 Å². The molecular formula is C15H21N3O. The minimum Gasteiger partial charge on any atom is -0.495 e. The van der Waals surface area contributed by atoms with Crippen molar-refractivity contribution < 1.29 is 4.74 Å². The molecule has 0 aliphatic heterocycles. The highest BCUT2D eigenvalue weighted by molar-refractivity contribution is 5.58.